The minimum absolute atomic E-state index is 0.0199. The van der Waals surface area contributed by atoms with Crippen LogP contribution in [0.2, 0.25) is 0 Å². The molecule has 2 aliphatic rings. The van der Waals surface area contributed by atoms with Gasteiger partial charge >= 0.3 is 0 Å². The summed E-state index contributed by atoms with van der Waals surface area (Å²) in [4.78, 5) is 0. The second-order valence-corrected chi connectivity index (χ2v) is 5.66. The van der Waals surface area contributed by atoms with Crippen molar-refractivity contribution < 1.29 is 0 Å². The van der Waals surface area contributed by atoms with Gasteiger partial charge in [0.2, 0.25) is 0 Å². The second-order valence-electron chi connectivity index (χ2n) is 5.66. The third kappa shape index (κ3) is 1.91. The van der Waals surface area contributed by atoms with E-state index in [4.69, 9.17) is 11.0 Å². The predicted octanol–water partition coefficient (Wildman–Crippen LogP) is 1.87. The van der Waals surface area contributed by atoms with E-state index in [1.54, 1.807) is 4.68 Å². The smallest absolute Gasteiger partial charge is 0.150 e. The molecule has 1 atom stereocenters. The van der Waals surface area contributed by atoms with Gasteiger partial charge in [0.15, 0.2) is 5.54 Å². The SMILES string of the molecule is N#CC1(n2cc([C@@H](N)C3CCCCC3)nn2)CC1. The monoisotopic (exact) mass is 245 g/mol. The van der Waals surface area contributed by atoms with E-state index in [0.29, 0.717) is 5.92 Å². The summed E-state index contributed by atoms with van der Waals surface area (Å²) in [5.41, 5.74) is 6.72. The first kappa shape index (κ1) is 11.7. The molecule has 0 radical (unpaired) electrons. The molecule has 0 spiro atoms. The van der Waals surface area contributed by atoms with E-state index in [1.807, 2.05) is 6.20 Å². The standard InChI is InChI=1S/C13H19N5/c14-9-13(6-7-13)18-8-11(16-17-18)12(15)10-4-2-1-3-5-10/h8,10,12H,1-7,15H2/t12-/m0/s1. The van der Waals surface area contributed by atoms with E-state index >= 15 is 0 Å². The Labute approximate surface area is 107 Å². The Morgan fingerprint density at radius 3 is 2.72 bits per heavy atom. The van der Waals surface area contributed by atoms with Crippen LogP contribution in [0.25, 0.3) is 0 Å². The zero-order valence-electron chi connectivity index (χ0n) is 10.5. The van der Waals surface area contributed by atoms with Gasteiger partial charge in [-0.05, 0) is 31.6 Å². The minimum Gasteiger partial charge on any atom is -0.322 e. The molecular weight excluding hydrogens is 226 g/mol. The third-order valence-corrected chi connectivity index (χ3v) is 4.38. The van der Waals surface area contributed by atoms with Crippen LogP contribution < -0.4 is 5.73 Å². The maximum absolute atomic E-state index is 9.14. The van der Waals surface area contributed by atoms with Crippen molar-refractivity contribution in [1.82, 2.24) is 15.0 Å². The fourth-order valence-electron chi connectivity index (χ4n) is 2.88. The van der Waals surface area contributed by atoms with Crippen LogP contribution in [0.15, 0.2) is 6.20 Å². The van der Waals surface area contributed by atoms with Gasteiger partial charge in [-0.25, -0.2) is 4.68 Å². The molecule has 2 aliphatic carbocycles. The van der Waals surface area contributed by atoms with Gasteiger partial charge in [0.05, 0.1) is 24.0 Å². The van der Waals surface area contributed by atoms with Crippen molar-refractivity contribution in [3.05, 3.63) is 11.9 Å². The summed E-state index contributed by atoms with van der Waals surface area (Å²) in [6.45, 7) is 0. The van der Waals surface area contributed by atoms with Gasteiger partial charge in [0, 0.05) is 0 Å². The Morgan fingerprint density at radius 2 is 2.11 bits per heavy atom. The van der Waals surface area contributed by atoms with Crippen molar-refractivity contribution in [2.75, 3.05) is 0 Å². The Kier molecular flexibility index (Phi) is 2.83. The van der Waals surface area contributed by atoms with Crippen LogP contribution in [0, 0.1) is 17.2 Å². The lowest BCUT2D eigenvalue weighted by molar-refractivity contribution is 0.304. The lowest BCUT2D eigenvalue weighted by atomic mass is 9.83. The van der Waals surface area contributed by atoms with Crippen molar-refractivity contribution in [3.8, 4) is 6.07 Å². The molecule has 2 N–H and O–H groups in total. The summed E-state index contributed by atoms with van der Waals surface area (Å²) < 4.78 is 1.71. The molecule has 0 saturated heterocycles. The number of hydrogen-bond donors (Lipinski definition) is 1. The first-order chi connectivity index (χ1) is 8.75. The summed E-state index contributed by atoms with van der Waals surface area (Å²) in [6, 6.07) is 2.30. The maximum Gasteiger partial charge on any atom is 0.150 e. The molecule has 2 fully saturated rings. The van der Waals surface area contributed by atoms with Gasteiger partial charge in [0.1, 0.15) is 0 Å². The van der Waals surface area contributed by atoms with E-state index < -0.39 is 5.54 Å². The van der Waals surface area contributed by atoms with Crippen LogP contribution in [0.3, 0.4) is 0 Å². The first-order valence-corrected chi connectivity index (χ1v) is 6.85. The first-order valence-electron chi connectivity index (χ1n) is 6.85. The maximum atomic E-state index is 9.14. The van der Waals surface area contributed by atoms with Gasteiger partial charge in [-0.1, -0.05) is 24.5 Å². The Hall–Kier alpha value is -1.41. The zero-order valence-corrected chi connectivity index (χ0v) is 10.5. The van der Waals surface area contributed by atoms with Crippen LogP contribution in [0.5, 0.6) is 0 Å². The minimum atomic E-state index is -0.419. The fraction of sp³-hybridized carbons (Fsp3) is 0.769. The topological polar surface area (TPSA) is 80.5 Å². The predicted molar refractivity (Wildman–Crippen MR) is 66.3 cm³/mol. The summed E-state index contributed by atoms with van der Waals surface area (Å²) >= 11 is 0. The largest absolute Gasteiger partial charge is 0.322 e. The average Bonchev–Trinajstić information content (AvgIpc) is 3.08. The highest BCUT2D eigenvalue weighted by molar-refractivity contribution is 5.17. The molecule has 0 amide bonds. The molecule has 5 heteroatoms. The molecule has 1 aromatic heterocycles. The Bertz CT molecular complexity index is 462. The molecule has 0 unspecified atom stereocenters. The lowest BCUT2D eigenvalue weighted by Crippen LogP contribution is -2.24. The second kappa shape index (κ2) is 4.36. The molecule has 0 aromatic carbocycles. The number of hydrogen-bond acceptors (Lipinski definition) is 4. The van der Waals surface area contributed by atoms with Crippen LogP contribution in [-0.2, 0) is 5.54 Å². The molecule has 5 nitrogen and oxygen atoms in total. The molecule has 2 saturated carbocycles. The molecule has 18 heavy (non-hydrogen) atoms. The molecule has 0 bridgehead atoms. The Morgan fingerprint density at radius 1 is 1.39 bits per heavy atom. The average molecular weight is 245 g/mol. The van der Waals surface area contributed by atoms with E-state index in [-0.39, 0.29) is 6.04 Å². The zero-order chi connectivity index (χ0) is 12.6. The number of nitriles is 1. The van der Waals surface area contributed by atoms with Crippen LogP contribution in [0.1, 0.15) is 56.7 Å². The van der Waals surface area contributed by atoms with Gasteiger partial charge < -0.3 is 5.73 Å². The van der Waals surface area contributed by atoms with E-state index in [1.165, 1.54) is 32.1 Å². The van der Waals surface area contributed by atoms with Crippen molar-refractivity contribution in [1.29, 1.82) is 5.26 Å². The Balaban J connectivity index is 1.75. The van der Waals surface area contributed by atoms with Gasteiger partial charge in [0.25, 0.3) is 0 Å². The van der Waals surface area contributed by atoms with Crippen molar-refractivity contribution >= 4 is 0 Å². The number of nitrogens with zero attached hydrogens (tertiary/aromatic N) is 4. The lowest BCUT2D eigenvalue weighted by Gasteiger charge is -2.25. The van der Waals surface area contributed by atoms with Gasteiger partial charge in [-0.2, -0.15) is 5.26 Å². The number of rotatable bonds is 3. The molecule has 3 rings (SSSR count). The quantitative estimate of drug-likeness (QED) is 0.881. The molecule has 1 aromatic rings. The molecular formula is C13H19N5. The van der Waals surface area contributed by atoms with Crippen molar-refractivity contribution in [2.24, 2.45) is 11.7 Å². The molecule has 1 heterocycles. The van der Waals surface area contributed by atoms with Gasteiger partial charge in [-0.15, -0.1) is 5.10 Å². The number of aromatic nitrogens is 3. The highest BCUT2D eigenvalue weighted by atomic mass is 15.5. The summed E-state index contributed by atoms with van der Waals surface area (Å²) in [7, 11) is 0. The van der Waals surface area contributed by atoms with Crippen LogP contribution in [-0.4, -0.2) is 15.0 Å². The van der Waals surface area contributed by atoms with E-state index in [2.05, 4.69) is 16.4 Å². The fourth-order valence-corrected chi connectivity index (χ4v) is 2.88. The summed E-state index contributed by atoms with van der Waals surface area (Å²) in [5, 5.41) is 17.4. The summed E-state index contributed by atoms with van der Waals surface area (Å²) in [5.74, 6) is 0.529. The van der Waals surface area contributed by atoms with Crippen LogP contribution >= 0.6 is 0 Å². The van der Waals surface area contributed by atoms with Gasteiger partial charge in [-0.3, -0.25) is 0 Å². The molecule has 0 aliphatic heterocycles. The third-order valence-electron chi connectivity index (χ3n) is 4.38. The van der Waals surface area contributed by atoms with Crippen molar-refractivity contribution in [2.45, 2.75) is 56.5 Å². The van der Waals surface area contributed by atoms with E-state index in [9.17, 15) is 0 Å². The molecule has 96 valence electrons. The van der Waals surface area contributed by atoms with E-state index in [0.717, 1.165) is 18.5 Å². The highest BCUT2D eigenvalue weighted by Gasteiger charge is 2.46. The highest BCUT2D eigenvalue weighted by Crippen LogP contribution is 2.42. The number of nitrogens with two attached hydrogens (primary N) is 1. The normalized spacial score (nSPS) is 24.4. The van der Waals surface area contributed by atoms with Crippen LogP contribution in [0.4, 0.5) is 0 Å². The van der Waals surface area contributed by atoms with Crippen molar-refractivity contribution in [3.63, 3.8) is 0 Å². The summed E-state index contributed by atoms with van der Waals surface area (Å²) in [6.07, 6.45) is 9.90.